The van der Waals surface area contributed by atoms with E-state index in [0.29, 0.717) is 22.1 Å². The number of halogens is 2. The number of aromatic amines is 1. The highest BCUT2D eigenvalue weighted by molar-refractivity contribution is 6.31. The third-order valence-corrected chi connectivity index (χ3v) is 6.19. The molecule has 2 bridgehead atoms. The molecular formula is C19H17ClFN5O2. The van der Waals surface area contributed by atoms with Gasteiger partial charge in [0.2, 0.25) is 0 Å². The van der Waals surface area contributed by atoms with E-state index in [4.69, 9.17) is 11.6 Å². The zero-order valence-electron chi connectivity index (χ0n) is 14.7. The number of anilines is 1. The fourth-order valence-electron chi connectivity index (χ4n) is 4.77. The number of nitrogens with zero attached hydrogens (tertiary/aromatic N) is 3. The molecule has 0 unspecified atom stereocenters. The molecule has 2 aliphatic carbocycles. The number of hydrogen-bond acceptors (Lipinski definition) is 5. The summed E-state index contributed by atoms with van der Waals surface area (Å²) in [4.78, 5) is 27.4. The van der Waals surface area contributed by atoms with Crippen LogP contribution in [0.5, 0.6) is 0 Å². The number of aliphatic carboxylic acids is 1. The average molecular weight is 402 g/mol. The highest BCUT2D eigenvalue weighted by Gasteiger charge is 2.51. The number of aromatic nitrogens is 4. The van der Waals surface area contributed by atoms with Crippen LogP contribution < -0.4 is 5.32 Å². The third kappa shape index (κ3) is 2.71. The van der Waals surface area contributed by atoms with Crippen molar-refractivity contribution in [3.8, 4) is 11.4 Å². The highest BCUT2D eigenvalue weighted by atomic mass is 35.5. The predicted molar refractivity (Wildman–Crippen MR) is 101 cm³/mol. The van der Waals surface area contributed by atoms with Crippen LogP contribution in [0.2, 0.25) is 5.02 Å². The van der Waals surface area contributed by atoms with Crippen molar-refractivity contribution < 1.29 is 14.3 Å². The van der Waals surface area contributed by atoms with Crippen LogP contribution in [-0.4, -0.2) is 37.1 Å². The molecule has 9 heteroatoms. The van der Waals surface area contributed by atoms with E-state index in [1.165, 1.54) is 6.20 Å². The molecule has 28 heavy (non-hydrogen) atoms. The summed E-state index contributed by atoms with van der Waals surface area (Å²) in [6, 6.07) is 1.42. The second-order valence-electron chi connectivity index (χ2n) is 7.51. The largest absolute Gasteiger partial charge is 0.481 e. The Kier molecular flexibility index (Phi) is 3.97. The molecule has 3 N–H and O–H groups in total. The second-order valence-corrected chi connectivity index (χ2v) is 7.95. The number of hydrogen-bond donors (Lipinski definition) is 3. The Hall–Kier alpha value is -2.74. The van der Waals surface area contributed by atoms with E-state index < -0.39 is 17.7 Å². The van der Waals surface area contributed by atoms with E-state index in [-0.39, 0.29) is 23.7 Å². The maximum Gasteiger partial charge on any atom is 0.308 e. The Morgan fingerprint density at radius 2 is 2.11 bits per heavy atom. The number of rotatable bonds is 4. The summed E-state index contributed by atoms with van der Waals surface area (Å²) in [5, 5.41) is 13.9. The minimum absolute atomic E-state index is 0.0261. The minimum atomic E-state index is -0.836. The van der Waals surface area contributed by atoms with Crippen molar-refractivity contribution in [3.05, 3.63) is 35.5 Å². The van der Waals surface area contributed by atoms with Gasteiger partial charge in [0.1, 0.15) is 5.65 Å². The van der Waals surface area contributed by atoms with Gasteiger partial charge in [0.15, 0.2) is 17.5 Å². The average Bonchev–Trinajstić information content (AvgIpc) is 3.37. The van der Waals surface area contributed by atoms with Gasteiger partial charge in [-0.15, -0.1) is 0 Å². The fraction of sp³-hybridized carbons (Fsp3) is 0.368. The van der Waals surface area contributed by atoms with Crippen LogP contribution in [0.1, 0.15) is 19.3 Å². The smallest absolute Gasteiger partial charge is 0.308 e. The maximum absolute atomic E-state index is 14.4. The van der Waals surface area contributed by atoms with Gasteiger partial charge in [-0.05, 0) is 37.2 Å². The van der Waals surface area contributed by atoms with Crippen molar-refractivity contribution in [2.45, 2.75) is 25.3 Å². The first-order valence-corrected chi connectivity index (χ1v) is 9.54. The molecule has 0 aliphatic heterocycles. The summed E-state index contributed by atoms with van der Waals surface area (Å²) >= 11 is 6.04. The normalized spacial score (nSPS) is 26.1. The van der Waals surface area contributed by atoms with E-state index in [0.717, 1.165) is 30.8 Å². The summed E-state index contributed by atoms with van der Waals surface area (Å²) in [6.45, 7) is 0. The zero-order chi connectivity index (χ0) is 19.4. The molecule has 2 fully saturated rings. The van der Waals surface area contributed by atoms with Crippen LogP contribution in [0.3, 0.4) is 0 Å². The Labute approximate surface area is 164 Å². The van der Waals surface area contributed by atoms with Gasteiger partial charge in [-0.2, -0.15) is 0 Å². The van der Waals surface area contributed by atoms with Crippen molar-refractivity contribution >= 4 is 34.4 Å². The molecule has 144 valence electrons. The molecule has 7 nitrogen and oxygen atoms in total. The Morgan fingerprint density at radius 3 is 2.93 bits per heavy atom. The minimum Gasteiger partial charge on any atom is -0.481 e. The number of pyridine rings is 1. The van der Waals surface area contributed by atoms with Crippen LogP contribution in [0.15, 0.2) is 24.7 Å². The van der Waals surface area contributed by atoms with E-state index in [9.17, 15) is 14.3 Å². The molecule has 0 radical (unpaired) electrons. The highest BCUT2D eigenvalue weighted by Crippen LogP contribution is 2.49. The zero-order valence-corrected chi connectivity index (χ0v) is 15.4. The molecule has 4 atom stereocenters. The lowest BCUT2D eigenvalue weighted by Crippen LogP contribution is -2.39. The molecule has 0 spiro atoms. The Balaban J connectivity index is 1.51. The summed E-state index contributed by atoms with van der Waals surface area (Å²) in [5.74, 6) is -1.25. The molecule has 3 heterocycles. The maximum atomic E-state index is 14.4. The quantitative estimate of drug-likeness (QED) is 0.615. The molecule has 3 aromatic rings. The topological polar surface area (TPSA) is 104 Å². The van der Waals surface area contributed by atoms with Gasteiger partial charge in [-0.25, -0.2) is 19.3 Å². The van der Waals surface area contributed by atoms with Crippen molar-refractivity contribution in [1.82, 2.24) is 19.9 Å². The van der Waals surface area contributed by atoms with Gasteiger partial charge in [0, 0.05) is 29.4 Å². The first kappa shape index (κ1) is 17.4. The standard InChI is InChI=1S/C19H17ClFN5O2/c20-10-4-11-12(6-23-16(11)22-5-10)17-24-7-13(21)18(26-17)25-15-9-2-1-8(3-9)14(15)19(27)28/h4-9,14-15H,1-3H2,(H,22,23)(H,27,28)(H,24,25,26)/t8-,9+,14+,15+/m1/s1. The SMILES string of the molecule is O=C(O)[C@H]1[C@@H]2CC[C@@H](C2)[C@@H]1Nc1nc(-c2c[nH]c3ncc(Cl)cc23)ncc1F. The van der Waals surface area contributed by atoms with Crippen LogP contribution in [0.4, 0.5) is 10.2 Å². The van der Waals surface area contributed by atoms with Gasteiger partial charge >= 0.3 is 5.97 Å². The van der Waals surface area contributed by atoms with Crippen molar-refractivity contribution in [1.29, 1.82) is 0 Å². The van der Waals surface area contributed by atoms with Gasteiger partial charge in [0.05, 0.1) is 17.1 Å². The Morgan fingerprint density at radius 1 is 1.29 bits per heavy atom. The van der Waals surface area contributed by atoms with Crippen LogP contribution in [-0.2, 0) is 4.79 Å². The number of carboxylic acid groups (broad SMARTS) is 1. The van der Waals surface area contributed by atoms with E-state index in [1.807, 2.05) is 0 Å². The first-order valence-electron chi connectivity index (χ1n) is 9.16. The molecule has 5 rings (SSSR count). The Bertz CT molecular complexity index is 1090. The van der Waals surface area contributed by atoms with Gasteiger partial charge in [-0.1, -0.05) is 11.6 Å². The van der Waals surface area contributed by atoms with E-state index in [2.05, 4.69) is 25.3 Å². The van der Waals surface area contributed by atoms with Gasteiger partial charge in [0.25, 0.3) is 0 Å². The molecular weight excluding hydrogens is 385 g/mol. The lowest BCUT2D eigenvalue weighted by molar-refractivity contribution is -0.143. The predicted octanol–water partition coefficient (Wildman–Crippen LogP) is 3.72. The van der Waals surface area contributed by atoms with Crippen molar-refractivity contribution in [2.75, 3.05) is 5.32 Å². The lowest BCUT2D eigenvalue weighted by Gasteiger charge is -2.29. The van der Waals surface area contributed by atoms with Crippen LogP contribution in [0.25, 0.3) is 22.4 Å². The van der Waals surface area contributed by atoms with Crippen LogP contribution >= 0.6 is 11.6 Å². The van der Waals surface area contributed by atoms with E-state index >= 15 is 0 Å². The monoisotopic (exact) mass is 401 g/mol. The van der Waals surface area contributed by atoms with Gasteiger partial charge < -0.3 is 15.4 Å². The molecule has 0 amide bonds. The third-order valence-electron chi connectivity index (χ3n) is 5.99. The number of carboxylic acids is 1. The number of nitrogens with one attached hydrogen (secondary N) is 2. The number of fused-ring (bicyclic) bond motifs is 3. The summed E-state index contributed by atoms with van der Waals surface area (Å²) in [5.41, 5.74) is 1.27. The summed E-state index contributed by atoms with van der Waals surface area (Å²) in [7, 11) is 0. The lowest BCUT2D eigenvalue weighted by atomic mass is 9.84. The first-order chi connectivity index (χ1) is 13.5. The summed E-state index contributed by atoms with van der Waals surface area (Å²) in [6.07, 6.45) is 7.07. The number of carbonyl (C=O) groups is 1. The molecule has 0 aromatic carbocycles. The molecule has 2 aliphatic rings. The molecule has 2 saturated carbocycles. The number of H-pyrrole nitrogens is 1. The van der Waals surface area contributed by atoms with E-state index in [1.54, 1.807) is 12.3 Å². The molecule has 0 saturated heterocycles. The van der Waals surface area contributed by atoms with Crippen molar-refractivity contribution in [3.63, 3.8) is 0 Å². The van der Waals surface area contributed by atoms with Crippen molar-refractivity contribution in [2.24, 2.45) is 17.8 Å². The van der Waals surface area contributed by atoms with Crippen LogP contribution in [0, 0.1) is 23.6 Å². The summed E-state index contributed by atoms with van der Waals surface area (Å²) < 4.78 is 14.4. The fourth-order valence-corrected chi connectivity index (χ4v) is 4.93. The van der Waals surface area contributed by atoms with Gasteiger partial charge in [-0.3, -0.25) is 4.79 Å². The second kappa shape index (κ2) is 6.41. The molecule has 3 aromatic heterocycles.